The predicted molar refractivity (Wildman–Crippen MR) is 73.0 cm³/mol. The average Bonchev–Trinajstić information content (AvgIpc) is 2.08. The molecule has 0 aromatic rings. The predicted octanol–water partition coefficient (Wildman–Crippen LogP) is -2.62. The summed E-state index contributed by atoms with van der Waals surface area (Å²) in [4.78, 5) is 49.5. The van der Waals surface area contributed by atoms with Gasteiger partial charge < -0.3 is 25.1 Å². The van der Waals surface area contributed by atoms with Gasteiger partial charge in [-0.2, -0.15) is 0 Å². The van der Waals surface area contributed by atoms with E-state index in [1.165, 1.54) is 0 Å². The molecule has 9 nitrogen and oxygen atoms in total. The van der Waals surface area contributed by atoms with Gasteiger partial charge in [0.1, 0.15) is 0 Å². The SMILES string of the molecule is O=C(O)CCC(CC(=O)O)(C(=O)O)P(=O)(O)O.[NaH].[NaH].[NaH]. The molecule has 0 aliphatic carbocycles. The van der Waals surface area contributed by atoms with E-state index in [1.54, 1.807) is 0 Å². The van der Waals surface area contributed by atoms with Gasteiger partial charge in [0.15, 0.2) is 5.16 Å². The van der Waals surface area contributed by atoms with E-state index in [9.17, 15) is 18.9 Å². The Bertz CT molecular complexity index is 395. The van der Waals surface area contributed by atoms with Crippen molar-refractivity contribution in [3.63, 3.8) is 0 Å². The van der Waals surface area contributed by atoms with Crippen LogP contribution < -0.4 is 0 Å². The van der Waals surface area contributed by atoms with Crippen LogP contribution in [0.3, 0.4) is 0 Å². The first-order valence-electron chi connectivity index (χ1n) is 4.25. The van der Waals surface area contributed by atoms with Crippen LogP contribution >= 0.6 is 7.60 Å². The Morgan fingerprint density at radius 3 is 1.50 bits per heavy atom. The van der Waals surface area contributed by atoms with Crippen molar-refractivity contribution in [1.82, 2.24) is 0 Å². The fraction of sp³-hybridized carbons (Fsp3) is 0.571. The van der Waals surface area contributed by atoms with Gasteiger partial charge in [0, 0.05) is 6.42 Å². The molecule has 0 heterocycles. The van der Waals surface area contributed by atoms with E-state index >= 15 is 0 Å². The molecule has 13 heteroatoms. The van der Waals surface area contributed by atoms with Gasteiger partial charge in [0.05, 0.1) is 6.42 Å². The third kappa shape index (κ3) is 8.87. The van der Waals surface area contributed by atoms with Crippen LogP contribution in [-0.4, -0.2) is 137 Å². The maximum atomic E-state index is 11.1. The van der Waals surface area contributed by atoms with Gasteiger partial charge >= 0.3 is 114 Å². The van der Waals surface area contributed by atoms with Crippen molar-refractivity contribution in [3.8, 4) is 0 Å². The van der Waals surface area contributed by atoms with Gasteiger partial charge in [-0.3, -0.25) is 18.9 Å². The standard InChI is InChI=1S/C7H11O9P.3Na.3H/c8-4(9)1-2-7(6(12)13,3-5(10)11)17(14,15)16;;;;;;/h1-3H2,(H,8,9)(H,10,11)(H,12,13)(H2,14,15,16);;;;;;. The molecule has 0 aliphatic heterocycles. The fourth-order valence-electron chi connectivity index (χ4n) is 1.21. The summed E-state index contributed by atoms with van der Waals surface area (Å²) in [5, 5.41) is 22.7. The first-order chi connectivity index (χ1) is 7.53. The summed E-state index contributed by atoms with van der Waals surface area (Å²) in [6.45, 7) is 0. The Morgan fingerprint density at radius 2 is 1.30 bits per heavy atom. The summed E-state index contributed by atoms with van der Waals surface area (Å²) in [6.07, 6.45) is -3.17. The molecule has 104 valence electrons. The van der Waals surface area contributed by atoms with Gasteiger partial charge in [0.2, 0.25) is 0 Å². The summed E-state index contributed by atoms with van der Waals surface area (Å²) >= 11 is 0. The van der Waals surface area contributed by atoms with Crippen LogP contribution in [0.15, 0.2) is 0 Å². The van der Waals surface area contributed by atoms with Gasteiger partial charge in [-0.15, -0.1) is 0 Å². The first-order valence-corrected chi connectivity index (χ1v) is 5.87. The summed E-state index contributed by atoms with van der Waals surface area (Å²) in [7, 11) is -5.32. The molecule has 0 saturated carbocycles. The topological polar surface area (TPSA) is 169 Å². The second-order valence-corrected chi connectivity index (χ2v) is 5.29. The molecule has 0 aromatic heterocycles. The number of hydrogen-bond acceptors (Lipinski definition) is 4. The number of carboxylic acids is 3. The van der Waals surface area contributed by atoms with Gasteiger partial charge in [-0.1, -0.05) is 0 Å². The molecule has 1 atom stereocenters. The molecule has 0 saturated heterocycles. The van der Waals surface area contributed by atoms with E-state index in [1.807, 2.05) is 0 Å². The van der Waals surface area contributed by atoms with Crippen molar-refractivity contribution in [2.45, 2.75) is 24.4 Å². The van der Waals surface area contributed by atoms with Crippen molar-refractivity contribution < 1.29 is 44.1 Å². The van der Waals surface area contributed by atoms with Crippen LogP contribution in [-0.2, 0) is 18.9 Å². The Morgan fingerprint density at radius 1 is 0.900 bits per heavy atom. The summed E-state index contributed by atoms with van der Waals surface area (Å²) in [5.41, 5.74) is 0. The molecule has 0 aliphatic rings. The Kier molecular flexibility index (Phi) is 17.8. The van der Waals surface area contributed by atoms with Gasteiger partial charge in [0.25, 0.3) is 0 Å². The fourth-order valence-corrected chi connectivity index (χ4v) is 2.20. The first kappa shape index (κ1) is 29.6. The zero-order chi connectivity index (χ0) is 13.9. The van der Waals surface area contributed by atoms with E-state index in [2.05, 4.69) is 0 Å². The average molecular weight is 342 g/mol. The second kappa shape index (κ2) is 12.0. The molecular weight excluding hydrogens is 328 g/mol. The number of rotatable bonds is 7. The van der Waals surface area contributed by atoms with Crippen molar-refractivity contribution in [1.29, 1.82) is 0 Å². The molecule has 0 bridgehead atoms. The van der Waals surface area contributed by atoms with Crippen LogP contribution in [0.25, 0.3) is 0 Å². The van der Waals surface area contributed by atoms with Crippen LogP contribution in [0.2, 0.25) is 0 Å². The quantitative estimate of drug-likeness (QED) is 0.245. The molecular formula is C7H14Na3O9P. The monoisotopic (exact) mass is 342 g/mol. The van der Waals surface area contributed by atoms with Crippen LogP contribution in [0.1, 0.15) is 19.3 Å². The van der Waals surface area contributed by atoms with E-state index in [-0.39, 0.29) is 88.7 Å². The van der Waals surface area contributed by atoms with Crippen LogP contribution in [0.5, 0.6) is 0 Å². The molecule has 0 fully saturated rings. The van der Waals surface area contributed by atoms with E-state index in [0.717, 1.165) is 0 Å². The van der Waals surface area contributed by atoms with Crippen molar-refractivity contribution in [3.05, 3.63) is 0 Å². The van der Waals surface area contributed by atoms with E-state index < -0.39 is 49.9 Å². The van der Waals surface area contributed by atoms with Crippen molar-refractivity contribution in [2.75, 3.05) is 0 Å². The zero-order valence-corrected chi connectivity index (χ0v) is 9.33. The molecule has 0 aromatic carbocycles. The Balaban J connectivity index is -0.000000427. The molecule has 0 spiro atoms. The molecule has 0 radical (unpaired) electrons. The molecule has 0 rings (SSSR count). The number of carbonyl (C=O) groups is 3. The second-order valence-electron chi connectivity index (χ2n) is 3.35. The molecule has 20 heavy (non-hydrogen) atoms. The molecule has 5 N–H and O–H groups in total. The normalized spacial score (nSPS) is 12.7. The summed E-state index contributed by atoms with van der Waals surface area (Å²) in [6, 6.07) is 0. The van der Waals surface area contributed by atoms with Crippen LogP contribution in [0, 0.1) is 0 Å². The van der Waals surface area contributed by atoms with Crippen LogP contribution in [0.4, 0.5) is 0 Å². The summed E-state index contributed by atoms with van der Waals surface area (Å²) < 4.78 is 11.1. The molecule has 0 amide bonds. The van der Waals surface area contributed by atoms with Gasteiger partial charge in [-0.25, -0.2) is 0 Å². The van der Waals surface area contributed by atoms with Crippen molar-refractivity contribution >= 4 is 114 Å². The third-order valence-corrected chi connectivity index (χ3v) is 3.84. The Labute approximate surface area is 180 Å². The third-order valence-electron chi connectivity index (χ3n) is 2.15. The van der Waals surface area contributed by atoms with E-state index in [4.69, 9.17) is 25.1 Å². The Hall–Kier alpha value is 1.56. The van der Waals surface area contributed by atoms with E-state index in [0.29, 0.717) is 0 Å². The number of carboxylic acid groups (broad SMARTS) is 3. The minimum absolute atomic E-state index is 0. The molecule has 1 unspecified atom stereocenters. The summed E-state index contributed by atoms with van der Waals surface area (Å²) in [5.74, 6) is -5.25. The van der Waals surface area contributed by atoms with Crippen molar-refractivity contribution in [2.24, 2.45) is 0 Å². The zero-order valence-electron chi connectivity index (χ0n) is 8.44. The van der Waals surface area contributed by atoms with Gasteiger partial charge in [-0.05, 0) is 6.42 Å². The minimum atomic E-state index is -5.32. The number of hydrogen-bond donors (Lipinski definition) is 5. The maximum absolute atomic E-state index is 11.1. The number of aliphatic carboxylic acids is 3.